The molecule has 0 bridgehead atoms. The molecule has 1 aromatic carbocycles. The maximum atomic E-state index is 5.27. The zero-order chi connectivity index (χ0) is 16.1. The van der Waals surface area contributed by atoms with Crippen LogP contribution in [0.15, 0.2) is 53.9 Å². The van der Waals surface area contributed by atoms with Crippen LogP contribution in [0.3, 0.4) is 0 Å². The smallest absolute Gasteiger partial charge is 0.191 e. The van der Waals surface area contributed by atoms with Crippen LogP contribution in [0, 0.1) is 0 Å². The van der Waals surface area contributed by atoms with E-state index in [2.05, 4.69) is 15.2 Å². The minimum absolute atomic E-state index is 0.817. The molecule has 0 saturated heterocycles. The summed E-state index contributed by atoms with van der Waals surface area (Å²) in [5.74, 6) is 2.61. The number of ether oxygens (including phenoxy) is 1. The van der Waals surface area contributed by atoms with E-state index in [-0.39, 0.29) is 0 Å². The van der Waals surface area contributed by atoms with Gasteiger partial charge in [-0.3, -0.25) is 4.98 Å². The predicted molar refractivity (Wildman–Crippen MR) is 91.7 cm³/mol. The average Bonchev–Trinajstić information content (AvgIpc) is 2.97. The highest BCUT2D eigenvalue weighted by atomic mass is 32.2. The lowest BCUT2D eigenvalue weighted by Gasteiger charge is -2.05. The van der Waals surface area contributed by atoms with Gasteiger partial charge in [-0.05, 0) is 36.2 Å². The molecule has 6 heteroatoms. The van der Waals surface area contributed by atoms with Crippen LogP contribution < -0.4 is 4.74 Å². The highest BCUT2D eigenvalue weighted by Crippen LogP contribution is 2.25. The second kappa shape index (κ2) is 7.28. The number of rotatable bonds is 6. The number of benzene rings is 1. The van der Waals surface area contributed by atoms with E-state index in [4.69, 9.17) is 4.74 Å². The summed E-state index contributed by atoms with van der Waals surface area (Å²) in [6.07, 6.45) is 4.63. The van der Waals surface area contributed by atoms with Crippen molar-refractivity contribution >= 4 is 11.8 Å². The van der Waals surface area contributed by atoms with E-state index in [0.717, 1.165) is 34.5 Å². The number of hydrogen-bond donors (Lipinski definition) is 0. The van der Waals surface area contributed by atoms with E-state index in [1.807, 2.05) is 60.4 Å². The molecule has 0 saturated carbocycles. The van der Waals surface area contributed by atoms with E-state index in [1.54, 1.807) is 18.9 Å². The Kier molecular flexibility index (Phi) is 4.92. The summed E-state index contributed by atoms with van der Waals surface area (Å²) in [7, 11) is 3.65. The summed E-state index contributed by atoms with van der Waals surface area (Å²) >= 11 is 1.71. The highest BCUT2D eigenvalue weighted by Gasteiger charge is 2.11. The van der Waals surface area contributed by atoms with Gasteiger partial charge < -0.3 is 9.30 Å². The largest absolute Gasteiger partial charge is 0.497 e. The molecule has 0 radical (unpaired) electrons. The van der Waals surface area contributed by atoms with Gasteiger partial charge in [-0.1, -0.05) is 23.9 Å². The zero-order valence-electron chi connectivity index (χ0n) is 13.1. The Morgan fingerprint density at radius 1 is 1.13 bits per heavy atom. The Labute approximate surface area is 139 Å². The van der Waals surface area contributed by atoms with Gasteiger partial charge >= 0.3 is 0 Å². The molecule has 0 spiro atoms. The van der Waals surface area contributed by atoms with Gasteiger partial charge in [0.1, 0.15) is 5.75 Å². The molecule has 23 heavy (non-hydrogen) atoms. The highest BCUT2D eigenvalue weighted by molar-refractivity contribution is 7.99. The van der Waals surface area contributed by atoms with E-state index >= 15 is 0 Å². The van der Waals surface area contributed by atoms with Crippen LogP contribution in [0.1, 0.15) is 5.56 Å². The fraction of sp³-hybridized carbons (Fsp3) is 0.235. The molecule has 118 valence electrons. The van der Waals surface area contributed by atoms with Gasteiger partial charge in [0.05, 0.1) is 7.11 Å². The number of thioether (sulfide) groups is 1. The SMILES string of the molecule is COc1cccc(-c2nnc(SCCc3ccncc3)n2C)c1. The monoisotopic (exact) mass is 326 g/mol. The van der Waals surface area contributed by atoms with Gasteiger partial charge in [-0.15, -0.1) is 10.2 Å². The number of aromatic nitrogens is 4. The second-order valence-electron chi connectivity index (χ2n) is 5.05. The van der Waals surface area contributed by atoms with E-state index < -0.39 is 0 Å². The number of pyridine rings is 1. The van der Waals surface area contributed by atoms with Gasteiger partial charge in [0, 0.05) is 30.8 Å². The minimum atomic E-state index is 0.817. The standard InChI is InChI=1S/C17H18N4OS/c1-21-16(14-4-3-5-15(12-14)22-2)19-20-17(21)23-11-8-13-6-9-18-10-7-13/h3-7,9-10,12H,8,11H2,1-2H3. The molecule has 0 fully saturated rings. The first-order chi connectivity index (χ1) is 11.3. The van der Waals surface area contributed by atoms with Crippen LogP contribution in [0.25, 0.3) is 11.4 Å². The van der Waals surface area contributed by atoms with Gasteiger partial charge in [-0.2, -0.15) is 0 Å². The Bertz CT molecular complexity index is 773. The summed E-state index contributed by atoms with van der Waals surface area (Å²) in [6.45, 7) is 0. The Morgan fingerprint density at radius 2 is 1.96 bits per heavy atom. The Hall–Kier alpha value is -2.34. The van der Waals surface area contributed by atoms with E-state index in [9.17, 15) is 0 Å². The summed E-state index contributed by atoms with van der Waals surface area (Å²) in [6, 6.07) is 11.9. The van der Waals surface area contributed by atoms with Crippen molar-refractivity contribution in [2.45, 2.75) is 11.6 Å². The molecule has 0 unspecified atom stereocenters. The van der Waals surface area contributed by atoms with Crippen LogP contribution in [-0.2, 0) is 13.5 Å². The molecular weight excluding hydrogens is 308 g/mol. The molecule has 0 aliphatic heterocycles. The number of methoxy groups -OCH3 is 1. The van der Waals surface area contributed by atoms with Crippen molar-refractivity contribution in [1.82, 2.24) is 19.7 Å². The normalized spacial score (nSPS) is 10.7. The maximum Gasteiger partial charge on any atom is 0.191 e. The molecular formula is C17H18N4OS. The van der Waals surface area contributed by atoms with Gasteiger partial charge in [0.2, 0.25) is 0 Å². The Morgan fingerprint density at radius 3 is 2.74 bits per heavy atom. The van der Waals surface area contributed by atoms with Crippen LogP contribution in [0.2, 0.25) is 0 Å². The molecule has 0 aliphatic rings. The number of aryl methyl sites for hydroxylation is 1. The average molecular weight is 326 g/mol. The van der Waals surface area contributed by atoms with Crippen molar-refractivity contribution in [3.63, 3.8) is 0 Å². The first-order valence-electron chi connectivity index (χ1n) is 7.33. The summed E-state index contributed by atoms with van der Waals surface area (Å²) in [4.78, 5) is 4.03. The van der Waals surface area contributed by atoms with Crippen molar-refractivity contribution < 1.29 is 4.74 Å². The van der Waals surface area contributed by atoms with Crippen LogP contribution >= 0.6 is 11.8 Å². The molecule has 3 rings (SSSR count). The van der Waals surface area contributed by atoms with Crippen LogP contribution in [-0.4, -0.2) is 32.6 Å². The summed E-state index contributed by atoms with van der Waals surface area (Å²) in [5.41, 5.74) is 2.28. The molecule has 0 atom stereocenters. The lowest BCUT2D eigenvalue weighted by Crippen LogP contribution is -1.96. The van der Waals surface area contributed by atoms with Crippen LogP contribution in [0.4, 0.5) is 0 Å². The van der Waals surface area contributed by atoms with E-state index in [0.29, 0.717) is 0 Å². The third-order valence-electron chi connectivity index (χ3n) is 3.53. The Balaban J connectivity index is 1.69. The third kappa shape index (κ3) is 3.71. The topological polar surface area (TPSA) is 52.8 Å². The third-order valence-corrected chi connectivity index (χ3v) is 4.56. The quantitative estimate of drug-likeness (QED) is 0.651. The van der Waals surface area contributed by atoms with Crippen molar-refractivity contribution in [2.75, 3.05) is 12.9 Å². The molecule has 0 N–H and O–H groups in total. The van der Waals surface area contributed by atoms with Crippen molar-refractivity contribution in [3.8, 4) is 17.1 Å². The molecule has 2 aromatic heterocycles. The van der Waals surface area contributed by atoms with Crippen molar-refractivity contribution in [2.24, 2.45) is 7.05 Å². The molecule has 2 heterocycles. The van der Waals surface area contributed by atoms with Gasteiger partial charge in [0.15, 0.2) is 11.0 Å². The first kappa shape index (κ1) is 15.6. The van der Waals surface area contributed by atoms with Crippen molar-refractivity contribution in [3.05, 3.63) is 54.4 Å². The lowest BCUT2D eigenvalue weighted by atomic mass is 10.2. The fourth-order valence-corrected chi connectivity index (χ4v) is 3.16. The molecule has 0 amide bonds. The zero-order valence-corrected chi connectivity index (χ0v) is 14.0. The minimum Gasteiger partial charge on any atom is -0.497 e. The fourth-order valence-electron chi connectivity index (χ4n) is 2.26. The number of hydrogen-bond acceptors (Lipinski definition) is 5. The molecule has 0 aliphatic carbocycles. The van der Waals surface area contributed by atoms with Crippen molar-refractivity contribution in [1.29, 1.82) is 0 Å². The van der Waals surface area contributed by atoms with Crippen LogP contribution in [0.5, 0.6) is 5.75 Å². The van der Waals surface area contributed by atoms with Gasteiger partial charge in [-0.25, -0.2) is 0 Å². The first-order valence-corrected chi connectivity index (χ1v) is 8.32. The lowest BCUT2D eigenvalue weighted by molar-refractivity contribution is 0.415. The summed E-state index contributed by atoms with van der Waals surface area (Å²) < 4.78 is 7.29. The summed E-state index contributed by atoms with van der Waals surface area (Å²) in [5, 5.41) is 9.53. The molecule has 3 aromatic rings. The van der Waals surface area contributed by atoms with E-state index in [1.165, 1.54) is 5.56 Å². The maximum absolute atomic E-state index is 5.27. The molecule has 5 nitrogen and oxygen atoms in total. The second-order valence-corrected chi connectivity index (χ2v) is 6.11. The predicted octanol–water partition coefficient (Wildman–Crippen LogP) is 3.22. The number of nitrogens with zero attached hydrogens (tertiary/aromatic N) is 4. The van der Waals surface area contributed by atoms with Gasteiger partial charge in [0.25, 0.3) is 0 Å².